The minimum Gasteiger partial charge on any atom is -0.313 e. The number of rotatable bonds is 6. The van der Waals surface area contributed by atoms with Gasteiger partial charge in [-0.2, -0.15) is 0 Å². The Morgan fingerprint density at radius 1 is 1.23 bits per heavy atom. The largest absolute Gasteiger partial charge is 0.313 e. The first-order chi connectivity index (χ1) is 9.97. The lowest BCUT2D eigenvalue weighted by molar-refractivity contribution is 0.402. The summed E-state index contributed by atoms with van der Waals surface area (Å²) in [5.74, 6) is 0. The van der Waals surface area contributed by atoms with Crippen LogP contribution in [0.1, 0.15) is 12.0 Å². The molecule has 7 heteroatoms. The molecule has 1 aromatic rings. The summed E-state index contributed by atoms with van der Waals surface area (Å²) in [5.41, 5.74) is 2.24. The van der Waals surface area contributed by atoms with Crippen LogP contribution in [0.2, 0.25) is 0 Å². The number of benzene rings is 1. The fourth-order valence-corrected chi connectivity index (χ4v) is 3.28. The monoisotopic (exact) mass is 345 g/mol. The van der Waals surface area contributed by atoms with Gasteiger partial charge in [-0.15, -0.1) is 12.4 Å². The van der Waals surface area contributed by atoms with Crippen LogP contribution in [-0.4, -0.2) is 47.0 Å². The molecule has 0 atom stereocenters. The number of halogens is 1. The maximum Gasteiger partial charge on any atom is 0.240 e. The van der Waals surface area contributed by atoms with Crippen molar-refractivity contribution < 1.29 is 8.42 Å². The van der Waals surface area contributed by atoms with Crippen LogP contribution >= 0.6 is 12.4 Å². The maximum atomic E-state index is 12.2. The van der Waals surface area contributed by atoms with Crippen molar-refractivity contribution in [2.45, 2.75) is 17.9 Å². The van der Waals surface area contributed by atoms with Gasteiger partial charge in [0.05, 0.1) is 4.90 Å². The van der Waals surface area contributed by atoms with Crippen LogP contribution in [0.15, 0.2) is 40.8 Å². The van der Waals surface area contributed by atoms with E-state index < -0.39 is 10.0 Å². The van der Waals surface area contributed by atoms with E-state index in [9.17, 15) is 8.42 Å². The molecule has 1 heterocycles. The summed E-state index contributed by atoms with van der Waals surface area (Å²) in [7, 11) is 0.540. The molecular weight excluding hydrogens is 322 g/mol. The normalized spacial score (nSPS) is 15.3. The standard InChI is InChI=1S/C15H23N3O2S.ClH/c1-18(2)12-14-3-5-15(6-4-14)21(19,20)17-11-13-7-9-16-10-8-13;/h3-7,16-17H,8-12H2,1-2H3;1H. The molecule has 0 unspecified atom stereocenters. The molecular formula is C15H24ClN3O2S. The van der Waals surface area contributed by atoms with Crippen molar-refractivity contribution in [3.8, 4) is 0 Å². The van der Waals surface area contributed by atoms with E-state index >= 15 is 0 Å². The predicted molar refractivity (Wildman–Crippen MR) is 91.8 cm³/mol. The fourth-order valence-electron chi connectivity index (χ4n) is 2.24. The topological polar surface area (TPSA) is 61.4 Å². The SMILES string of the molecule is CN(C)Cc1ccc(S(=O)(=O)NCC2=CCNCC2)cc1.Cl. The van der Waals surface area contributed by atoms with Gasteiger partial charge >= 0.3 is 0 Å². The molecule has 0 saturated carbocycles. The Labute approximate surface area is 139 Å². The van der Waals surface area contributed by atoms with E-state index in [0.29, 0.717) is 11.4 Å². The van der Waals surface area contributed by atoms with Gasteiger partial charge in [-0.3, -0.25) is 0 Å². The molecule has 1 aliphatic rings. The van der Waals surface area contributed by atoms with Crippen molar-refractivity contribution in [2.24, 2.45) is 0 Å². The highest BCUT2D eigenvalue weighted by Crippen LogP contribution is 2.12. The van der Waals surface area contributed by atoms with Crippen LogP contribution in [0.4, 0.5) is 0 Å². The highest BCUT2D eigenvalue weighted by Gasteiger charge is 2.14. The van der Waals surface area contributed by atoms with Gasteiger partial charge in [0, 0.05) is 19.6 Å². The lowest BCUT2D eigenvalue weighted by atomic mass is 10.1. The first-order valence-corrected chi connectivity index (χ1v) is 8.58. The van der Waals surface area contributed by atoms with Crippen molar-refractivity contribution in [3.05, 3.63) is 41.5 Å². The molecule has 0 fully saturated rings. The third-order valence-corrected chi connectivity index (χ3v) is 4.80. The molecule has 124 valence electrons. The molecule has 0 aromatic heterocycles. The zero-order valence-corrected chi connectivity index (χ0v) is 14.6. The van der Waals surface area contributed by atoms with Crippen LogP contribution in [0.5, 0.6) is 0 Å². The Balaban J connectivity index is 0.00000242. The molecule has 1 aliphatic heterocycles. The smallest absolute Gasteiger partial charge is 0.240 e. The van der Waals surface area contributed by atoms with Gasteiger partial charge in [0.15, 0.2) is 0 Å². The number of sulfonamides is 1. The second-order valence-corrected chi connectivity index (χ2v) is 7.29. The third kappa shape index (κ3) is 5.70. The van der Waals surface area contributed by atoms with Gasteiger partial charge in [0.2, 0.25) is 10.0 Å². The fraction of sp³-hybridized carbons (Fsp3) is 0.467. The van der Waals surface area contributed by atoms with Gasteiger partial charge in [-0.25, -0.2) is 13.1 Å². The van der Waals surface area contributed by atoms with E-state index in [2.05, 4.69) is 10.0 Å². The average Bonchev–Trinajstić information content (AvgIpc) is 2.46. The zero-order chi connectivity index (χ0) is 15.3. The molecule has 22 heavy (non-hydrogen) atoms. The number of nitrogens with one attached hydrogen (secondary N) is 2. The number of nitrogens with zero attached hydrogens (tertiary/aromatic N) is 1. The van der Waals surface area contributed by atoms with Crippen molar-refractivity contribution >= 4 is 22.4 Å². The van der Waals surface area contributed by atoms with Crippen LogP contribution in [-0.2, 0) is 16.6 Å². The summed E-state index contributed by atoms with van der Waals surface area (Å²) in [6.07, 6.45) is 2.94. The highest BCUT2D eigenvalue weighted by molar-refractivity contribution is 7.89. The second kappa shape index (κ2) is 8.64. The Kier molecular flexibility index (Phi) is 7.52. The molecule has 1 aromatic carbocycles. The summed E-state index contributed by atoms with van der Waals surface area (Å²) in [6.45, 7) is 2.92. The van der Waals surface area contributed by atoms with Crippen LogP contribution < -0.4 is 10.0 Å². The third-order valence-electron chi connectivity index (χ3n) is 3.38. The average molecular weight is 346 g/mol. The first-order valence-electron chi connectivity index (χ1n) is 7.09. The quantitative estimate of drug-likeness (QED) is 0.764. The van der Waals surface area contributed by atoms with Crippen LogP contribution in [0, 0.1) is 0 Å². The lowest BCUT2D eigenvalue weighted by Crippen LogP contribution is -2.29. The van der Waals surface area contributed by atoms with Gasteiger partial charge in [-0.1, -0.05) is 23.8 Å². The summed E-state index contributed by atoms with van der Waals surface area (Å²) in [4.78, 5) is 2.37. The predicted octanol–water partition coefficient (Wildman–Crippen LogP) is 1.37. The Morgan fingerprint density at radius 3 is 2.45 bits per heavy atom. The van der Waals surface area contributed by atoms with Crippen LogP contribution in [0.3, 0.4) is 0 Å². The van der Waals surface area contributed by atoms with Crippen molar-refractivity contribution in [3.63, 3.8) is 0 Å². The summed E-state index contributed by atoms with van der Waals surface area (Å²) in [5, 5.41) is 3.21. The van der Waals surface area contributed by atoms with E-state index in [1.807, 2.05) is 37.2 Å². The molecule has 0 spiro atoms. The summed E-state index contributed by atoms with van der Waals surface area (Å²) < 4.78 is 27.2. The first kappa shape index (κ1) is 19.1. The lowest BCUT2D eigenvalue weighted by Gasteiger charge is -2.15. The van der Waals surface area contributed by atoms with E-state index in [4.69, 9.17) is 0 Å². The van der Waals surface area contributed by atoms with Crippen molar-refractivity contribution in [1.82, 2.24) is 14.9 Å². The van der Waals surface area contributed by atoms with E-state index in [1.165, 1.54) is 0 Å². The maximum absolute atomic E-state index is 12.2. The summed E-state index contributed by atoms with van der Waals surface area (Å²) >= 11 is 0. The van der Waals surface area contributed by atoms with E-state index in [1.54, 1.807) is 12.1 Å². The molecule has 2 rings (SSSR count). The minimum atomic E-state index is -3.43. The van der Waals surface area contributed by atoms with Gasteiger partial charge in [0.1, 0.15) is 0 Å². The Morgan fingerprint density at radius 2 is 1.91 bits per heavy atom. The zero-order valence-electron chi connectivity index (χ0n) is 13.0. The number of hydrogen-bond donors (Lipinski definition) is 2. The van der Waals surface area contributed by atoms with Crippen molar-refractivity contribution in [2.75, 3.05) is 33.7 Å². The van der Waals surface area contributed by atoms with Gasteiger partial charge < -0.3 is 10.2 Å². The molecule has 5 nitrogen and oxygen atoms in total. The van der Waals surface area contributed by atoms with Crippen LogP contribution in [0.25, 0.3) is 0 Å². The molecule has 0 aliphatic carbocycles. The molecule has 2 N–H and O–H groups in total. The molecule has 0 bridgehead atoms. The van der Waals surface area contributed by atoms with E-state index in [-0.39, 0.29) is 12.4 Å². The second-order valence-electron chi connectivity index (χ2n) is 5.52. The number of hydrogen-bond acceptors (Lipinski definition) is 4. The molecule has 0 amide bonds. The highest BCUT2D eigenvalue weighted by atomic mass is 35.5. The Bertz CT molecular complexity index is 598. The minimum absolute atomic E-state index is 0. The van der Waals surface area contributed by atoms with Gasteiger partial charge in [-0.05, 0) is 44.8 Å². The summed E-state index contributed by atoms with van der Waals surface area (Å²) in [6, 6.07) is 7.05. The van der Waals surface area contributed by atoms with E-state index in [0.717, 1.165) is 37.2 Å². The van der Waals surface area contributed by atoms with Gasteiger partial charge in [0.25, 0.3) is 0 Å². The molecule has 0 radical (unpaired) electrons. The molecule has 0 saturated heterocycles. The Hall–Kier alpha value is -0.920. The van der Waals surface area contributed by atoms with Crippen molar-refractivity contribution in [1.29, 1.82) is 0 Å².